The van der Waals surface area contributed by atoms with Crippen LogP contribution >= 0.6 is 0 Å². The molecule has 0 spiro atoms. The van der Waals surface area contributed by atoms with E-state index in [9.17, 15) is 10.2 Å². The Labute approximate surface area is 80.0 Å². The summed E-state index contributed by atoms with van der Waals surface area (Å²) in [6.07, 6.45) is 5.98. The third-order valence-electron chi connectivity index (χ3n) is 4.16. The fraction of sp³-hybridized carbons (Fsp3) is 1.00. The Morgan fingerprint density at radius 1 is 1.31 bits per heavy atom. The van der Waals surface area contributed by atoms with Gasteiger partial charge in [0, 0.05) is 12.5 Å². The van der Waals surface area contributed by atoms with Crippen molar-refractivity contribution in [3.63, 3.8) is 0 Å². The van der Waals surface area contributed by atoms with Gasteiger partial charge in [0.15, 0.2) is 0 Å². The van der Waals surface area contributed by atoms with Gasteiger partial charge in [-0.1, -0.05) is 19.3 Å². The van der Waals surface area contributed by atoms with E-state index < -0.39 is 5.60 Å². The second-order valence-corrected chi connectivity index (χ2v) is 5.06. The molecule has 4 atom stereocenters. The van der Waals surface area contributed by atoms with Crippen LogP contribution in [0.15, 0.2) is 0 Å². The molecular weight excluding hydrogens is 164 g/mol. The van der Waals surface area contributed by atoms with Crippen LogP contribution in [0.4, 0.5) is 0 Å². The highest BCUT2D eigenvalue weighted by atomic mass is 16.3. The van der Waals surface area contributed by atoms with Crippen molar-refractivity contribution in [1.82, 2.24) is 0 Å². The predicted molar refractivity (Wildman–Crippen MR) is 51.3 cm³/mol. The van der Waals surface area contributed by atoms with Gasteiger partial charge in [-0.15, -0.1) is 0 Å². The van der Waals surface area contributed by atoms with E-state index in [0.717, 1.165) is 6.42 Å². The fourth-order valence-corrected chi connectivity index (χ4v) is 3.49. The molecule has 2 aliphatic rings. The molecular formula is C11H20O2. The SMILES string of the molecule is CC1(O)CC2CCCCC2C1CO. The van der Waals surface area contributed by atoms with Crippen LogP contribution in [0.3, 0.4) is 0 Å². The van der Waals surface area contributed by atoms with Gasteiger partial charge in [-0.25, -0.2) is 0 Å². The highest BCUT2D eigenvalue weighted by Crippen LogP contribution is 2.50. The van der Waals surface area contributed by atoms with Gasteiger partial charge in [0.2, 0.25) is 0 Å². The van der Waals surface area contributed by atoms with E-state index >= 15 is 0 Å². The Hall–Kier alpha value is -0.0800. The zero-order valence-corrected chi connectivity index (χ0v) is 8.37. The first-order chi connectivity index (χ1) is 6.15. The van der Waals surface area contributed by atoms with Crippen molar-refractivity contribution in [3.8, 4) is 0 Å². The summed E-state index contributed by atoms with van der Waals surface area (Å²) in [5.41, 5.74) is -0.603. The Balaban J connectivity index is 2.14. The normalized spacial score (nSPS) is 50.5. The zero-order valence-electron chi connectivity index (χ0n) is 8.37. The van der Waals surface area contributed by atoms with Crippen LogP contribution in [-0.4, -0.2) is 22.4 Å². The van der Waals surface area contributed by atoms with Gasteiger partial charge in [-0.3, -0.25) is 0 Å². The minimum atomic E-state index is -0.603. The largest absolute Gasteiger partial charge is 0.396 e. The highest BCUT2D eigenvalue weighted by Gasteiger charge is 2.49. The van der Waals surface area contributed by atoms with Crippen molar-refractivity contribution in [2.24, 2.45) is 17.8 Å². The predicted octanol–water partition coefficient (Wildman–Crippen LogP) is 1.56. The molecule has 2 N–H and O–H groups in total. The van der Waals surface area contributed by atoms with Crippen LogP contribution < -0.4 is 0 Å². The number of aliphatic hydroxyl groups excluding tert-OH is 1. The Bertz CT molecular complexity index is 189. The number of fused-ring (bicyclic) bond motifs is 1. The van der Waals surface area contributed by atoms with E-state index in [4.69, 9.17) is 0 Å². The number of hydrogen-bond acceptors (Lipinski definition) is 2. The van der Waals surface area contributed by atoms with Crippen molar-refractivity contribution in [1.29, 1.82) is 0 Å². The maximum Gasteiger partial charge on any atom is 0.0675 e. The van der Waals surface area contributed by atoms with Crippen LogP contribution in [0.1, 0.15) is 39.0 Å². The third-order valence-corrected chi connectivity index (χ3v) is 4.16. The fourth-order valence-electron chi connectivity index (χ4n) is 3.49. The average molecular weight is 184 g/mol. The molecule has 2 fully saturated rings. The van der Waals surface area contributed by atoms with Crippen molar-refractivity contribution in [2.75, 3.05) is 6.61 Å². The van der Waals surface area contributed by atoms with Crippen LogP contribution in [0.5, 0.6) is 0 Å². The van der Waals surface area contributed by atoms with Gasteiger partial charge in [0.25, 0.3) is 0 Å². The molecule has 0 amide bonds. The Kier molecular flexibility index (Phi) is 2.37. The molecule has 0 radical (unpaired) electrons. The summed E-state index contributed by atoms with van der Waals surface area (Å²) in [4.78, 5) is 0. The average Bonchev–Trinajstić information content (AvgIpc) is 2.33. The van der Waals surface area contributed by atoms with Gasteiger partial charge >= 0.3 is 0 Å². The maximum absolute atomic E-state index is 10.1. The second kappa shape index (κ2) is 3.25. The van der Waals surface area contributed by atoms with Gasteiger partial charge in [-0.05, 0) is 31.6 Å². The lowest BCUT2D eigenvalue weighted by Crippen LogP contribution is -2.34. The van der Waals surface area contributed by atoms with E-state index in [2.05, 4.69) is 0 Å². The summed E-state index contributed by atoms with van der Waals surface area (Å²) in [7, 11) is 0. The summed E-state index contributed by atoms with van der Waals surface area (Å²) >= 11 is 0. The lowest BCUT2D eigenvalue weighted by atomic mass is 9.77. The standard InChI is InChI=1S/C11H20O2/c1-11(13)6-8-4-2-3-5-9(8)10(11)7-12/h8-10,12-13H,2-7H2,1H3. The van der Waals surface area contributed by atoms with Gasteiger partial charge in [0.1, 0.15) is 0 Å². The summed E-state index contributed by atoms with van der Waals surface area (Å²) in [6.45, 7) is 2.06. The first-order valence-electron chi connectivity index (χ1n) is 5.48. The highest BCUT2D eigenvalue weighted by molar-refractivity contribution is 4.99. The topological polar surface area (TPSA) is 40.5 Å². The second-order valence-electron chi connectivity index (χ2n) is 5.06. The summed E-state index contributed by atoms with van der Waals surface area (Å²) < 4.78 is 0. The molecule has 0 heterocycles. The first kappa shape index (κ1) is 9.47. The van der Waals surface area contributed by atoms with Crippen molar-refractivity contribution in [3.05, 3.63) is 0 Å². The Morgan fingerprint density at radius 2 is 2.00 bits per heavy atom. The minimum Gasteiger partial charge on any atom is -0.396 e. The minimum absolute atomic E-state index is 0.137. The lowest BCUT2D eigenvalue weighted by Gasteiger charge is -2.30. The van der Waals surface area contributed by atoms with E-state index in [-0.39, 0.29) is 12.5 Å². The summed E-state index contributed by atoms with van der Waals surface area (Å²) in [6, 6.07) is 0. The molecule has 13 heavy (non-hydrogen) atoms. The van der Waals surface area contributed by atoms with E-state index in [1.807, 2.05) is 6.92 Å². The molecule has 2 aliphatic carbocycles. The summed E-state index contributed by atoms with van der Waals surface area (Å²) in [5.74, 6) is 1.41. The first-order valence-corrected chi connectivity index (χ1v) is 5.48. The molecule has 4 unspecified atom stereocenters. The molecule has 2 nitrogen and oxygen atoms in total. The van der Waals surface area contributed by atoms with E-state index in [0.29, 0.717) is 11.8 Å². The molecule has 0 aromatic heterocycles. The number of aliphatic hydroxyl groups is 2. The molecule has 0 aromatic carbocycles. The van der Waals surface area contributed by atoms with Crippen LogP contribution in [0, 0.1) is 17.8 Å². The van der Waals surface area contributed by atoms with Gasteiger partial charge in [-0.2, -0.15) is 0 Å². The van der Waals surface area contributed by atoms with Crippen LogP contribution in [0.2, 0.25) is 0 Å². The zero-order chi connectivity index (χ0) is 9.47. The third kappa shape index (κ3) is 1.50. The van der Waals surface area contributed by atoms with Crippen LogP contribution in [-0.2, 0) is 0 Å². The number of hydrogen-bond donors (Lipinski definition) is 2. The maximum atomic E-state index is 10.1. The summed E-state index contributed by atoms with van der Waals surface area (Å²) in [5, 5.41) is 19.4. The molecule has 76 valence electrons. The van der Waals surface area contributed by atoms with Crippen LogP contribution in [0.25, 0.3) is 0 Å². The molecule has 2 rings (SSSR count). The molecule has 0 aromatic rings. The molecule has 0 bridgehead atoms. The molecule has 0 saturated heterocycles. The van der Waals surface area contributed by atoms with E-state index in [1.165, 1.54) is 25.7 Å². The quantitative estimate of drug-likeness (QED) is 0.649. The van der Waals surface area contributed by atoms with Crippen molar-refractivity contribution >= 4 is 0 Å². The Morgan fingerprint density at radius 3 is 2.69 bits per heavy atom. The monoisotopic (exact) mass is 184 g/mol. The van der Waals surface area contributed by atoms with Gasteiger partial charge in [0.05, 0.1) is 5.60 Å². The molecule has 2 heteroatoms. The number of rotatable bonds is 1. The molecule has 0 aliphatic heterocycles. The van der Waals surface area contributed by atoms with Crippen molar-refractivity contribution in [2.45, 2.75) is 44.6 Å². The lowest BCUT2D eigenvalue weighted by molar-refractivity contribution is -0.0157. The van der Waals surface area contributed by atoms with Crippen molar-refractivity contribution < 1.29 is 10.2 Å². The van der Waals surface area contributed by atoms with Gasteiger partial charge < -0.3 is 10.2 Å². The van der Waals surface area contributed by atoms with E-state index in [1.54, 1.807) is 0 Å². The molecule has 2 saturated carbocycles. The smallest absolute Gasteiger partial charge is 0.0675 e.